The number of likely N-dealkylation sites (tertiary alicyclic amines) is 1. The third kappa shape index (κ3) is 4.27. The lowest BCUT2D eigenvalue weighted by atomic mass is 10.1. The van der Waals surface area contributed by atoms with Gasteiger partial charge in [0, 0.05) is 13.1 Å². The largest absolute Gasteiger partial charge is 0.488 e. The molecule has 1 saturated heterocycles. The van der Waals surface area contributed by atoms with Crippen molar-refractivity contribution >= 4 is 38.3 Å². The standard InChI is InChI=1S/C18H16ClF3N4O4S/c1-26-6-5-10(9-26)29-14-4-2-3-13(15(14)18(20,21)22)25-31(27,28)17-11-7-24-30-16(11)12(19)8-23-17/h2-4,7-8,10,25H,5-6,9H2,1H3/t10-/m1/s1. The maximum atomic E-state index is 13.9. The number of sulfonamides is 1. The lowest BCUT2D eigenvalue weighted by Gasteiger charge is -2.21. The summed E-state index contributed by atoms with van der Waals surface area (Å²) in [6.07, 6.45) is -2.66. The summed E-state index contributed by atoms with van der Waals surface area (Å²) in [5.41, 5.74) is -1.95. The Bertz CT molecular complexity index is 1230. The van der Waals surface area contributed by atoms with E-state index in [1.54, 1.807) is 0 Å². The minimum absolute atomic E-state index is 0.0133. The van der Waals surface area contributed by atoms with Gasteiger partial charge in [-0.3, -0.25) is 4.72 Å². The van der Waals surface area contributed by atoms with Crippen LogP contribution in [-0.2, 0) is 16.2 Å². The van der Waals surface area contributed by atoms with Gasteiger partial charge in [0.25, 0.3) is 10.0 Å². The lowest BCUT2D eigenvalue weighted by molar-refractivity contribution is -0.138. The molecule has 0 saturated carbocycles. The van der Waals surface area contributed by atoms with Crippen molar-refractivity contribution in [2.24, 2.45) is 0 Å². The van der Waals surface area contributed by atoms with Crippen molar-refractivity contribution in [3.8, 4) is 5.75 Å². The van der Waals surface area contributed by atoms with Crippen molar-refractivity contribution < 1.29 is 30.8 Å². The number of likely N-dealkylation sites (N-methyl/N-ethyl adjacent to an activating group) is 1. The molecule has 1 aliphatic rings. The van der Waals surface area contributed by atoms with Gasteiger partial charge < -0.3 is 14.2 Å². The molecule has 1 aliphatic heterocycles. The van der Waals surface area contributed by atoms with E-state index >= 15 is 0 Å². The second-order valence-electron chi connectivity index (χ2n) is 7.05. The molecular formula is C18H16ClF3N4O4S. The van der Waals surface area contributed by atoms with Crippen molar-refractivity contribution in [2.45, 2.75) is 23.7 Å². The van der Waals surface area contributed by atoms with E-state index in [9.17, 15) is 21.6 Å². The number of aromatic nitrogens is 2. The molecule has 31 heavy (non-hydrogen) atoms. The molecule has 8 nitrogen and oxygen atoms in total. The molecule has 4 rings (SSSR count). The summed E-state index contributed by atoms with van der Waals surface area (Å²) >= 11 is 5.90. The highest BCUT2D eigenvalue weighted by molar-refractivity contribution is 7.92. The number of pyridine rings is 1. The summed E-state index contributed by atoms with van der Waals surface area (Å²) in [5.74, 6) is -0.452. The summed E-state index contributed by atoms with van der Waals surface area (Å²) in [7, 11) is -2.71. The normalized spacial score (nSPS) is 17.9. The van der Waals surface area contributed by atoms with Crippen LogP contribution >= 0.6 is 11.6 Å². The van der Waals surface area contributed by atoms with Gasteiger partial charge >= 0.3 is 6.18 Å². The molecule has 0 spiro atoms. The number of hydrogen-bond donors (Lipinski definition) is 1. The zero-order valence-corrected chi connectivity index (χ0v) is 17.6. The van der Waals surface area contributed by atoms with Crippen LogP contribution in [0.25, 0.3) is 11.0 Å². The van der Waals surface area contributed by atoms with Crippen LogP contribution in [0.2, 0.25) is 5.02 Å². The number of nitrogens with one attached hydrogen (secondary N) is 1. The molecule has 0 amide bonds. The molecule has 3 heterocycles. The number of fused-ring (bicyclic) bond motifs is 1. The Balaban J connectivity index is 1.74. The number of benzene rings is 1. The lowest BCUT2D eigenvalue weighted by Crippen LogP contribution is -2.24. The van der Waals surface area contributed by atoms with Crippen LogP contribution in [0, 0.1) is 0 Å². The Hall–Kier alpha value is -2.57. The first kappa shape index (κ1) is 21.7. The first-order valence-corrected chi connectivity index (χ1v) is 10.9. The van der Waals surface area contributed by atoms with Gasteiger partial charge in [-0.05, 0) is 25.6 Å². The summed E-state index contributed by atoms with van der Waals surface area (Å²) < 4.78 is 80.0. The van der Waals surface area contributed by atoms with Gasteiger partial charge in [0.05, 0.1) is 23.5 Å². The number of halogens is 4. The Morgan fingerprint density at radius 1 is 1.32 bits per heavy atom. The van der Waals surface area contributed by atoms with E-state index in [2.05, 4.69) is 10.1 Å². The van der Waals surface area contributed by atoms with E-state index < -0.39 is 44.3 Å². The van der Waals surface area contributed by atoms with Crippen molar-refractivity contribution in [3.63, 3.8) is 0 Å². The molecule has 1 fully saturated rings. The average Bonchev–Trinajstić information content (AvgIpc) is 3.30. The highest BCUT2D eigenvalue weighted by Gasteiger charge is 2.39. The molecule has 1 atom stereocenters. The Morgan fingerprint density at radius 3 is 2.77 bits per heavy atom. The van der Waals surface area contributed by atoms with E-state index in [0.717, 1.165) is 24.5 Å². The van der Waals surface area contributed by atoms with Gasteiger partial charge in [0.1, 0.15) is 22.4 Å². The van der Waals surface area contributed by atoms with Crippen molar-refractivity contribution in [1.29, 1.82) is 0 Å². The van der Waals surface area contributed by atoms with E-state index in [1.807, 2.05) is 16.7 Å². The molecule has 2 aromatic heterocycles. The van der Waals surface area contributed by atoms with E-state index in [1.165, 1.54) is 6.07 Å². The predicted octanol–water partition coefficient (Wildman–Crippen LogP) is 3.78. The van der Waals surface area contributed by atoms with Crippen LogP contribution < -0.4 is 9.46 Å². The third-order valence-corrected chi connectivity index (χ3v) is 6.36. The van der Waals surface area contributed by atoms with Gasteiger partial charge in [-0.2, -0.15) is 21.6 Å². The predicted molar refractivity (Wildman–Crippen MR) is 106 cm³/mol. The Labute approximate surface area is 180 Å². The maximum Gasteiger partial charge on any atom is 0.421 e. The fraction of sp³-hybridized carbons (Fsp3) is 0.333. The molecule has 1 N–H and O–H groups in total. The SMILES string of the molecule is CN1CC[C@@H](Oc2cccc(NS(=O)(=O)c3ncc(Cl)c4oncc34)c2C(F)(F)F)C1. The Morgan fingerprint density at radius 2 is 2.10 bits per heavy atom. The number of ether oxygens (including phenoxy) is 1. The smallest absolute Gasteiger partial charge is 0.421 e. The van der Waals surface area contributed by atoms with E-state index in [-0.39, 0.29) is 16.0 Å². The first-order valence-electron chi connectivity index (χ1n) is 9.03. The topological polar surface area (TPSA) is 97.6 Å². The van der Waals surface area contributed by atoms with Crippen molar-refractivity contribution in [1.82, 2.24) is 15.0 Å². The second kappa shape index (κ2) is 7.84. The van der Waals surface area contributed by atoms with Gasteiger partial charge in [0.2, 0.25) is 0 Å². The minimum atomic E-state index is -4.88. The molecule has 0 radical (unpaired) electrons. The molecule has 13 heteroatoms. The summed E-state index contributed by atoms with van der Waals surface area (Å²) in [5, 5.41) is 2.87. The van der Waals surface area contributed by atoms with Gasteiger partial charge in [-0.25, -0.2) is 4.98 Å². The zero-order chi connectivity index (χ0) is 22.4. The van der Waals surface area contributed by atoms with Crippen LogP contribution in [0.3, 0.4) is 0 Å². The number of hydrogen-bond acceptors (Lipinski definition) is 7. The zero-order valence-electron chi connectivity index (χ0n) is 16.0. The minimum Gasteiger partial charge on any atom is -0.488 e. The van der Waals surface area contributed by atoms with Crippen molar-refractivity contribution in [2.75, 3.05) is 24.9 Å². The quantitative estimate of drug-likeness (QED) is 0.598. The number of rotatable bonds is 5. The van der Waals surface area contributed by atoms with Crippen LogP contribution in [0.4, 0.5) is 18.9 Å². The van der Waals surface area contributed by atoms with Gasteiger partial charge in [-0.15, -0.1) is 0 Å². The van der Waals surface area contributed by atoms with E-state index in [0.29, 0.717) is 19.5 Å². The molecule has 166 valence electrons. The van der Waals surface area contributed by atoms with Crippen LogP contribution in [0.1, 0.15) is 12.0 Å². The molecule has 0 aliphatic carbocycles. The highest BCUT2D eigenvalue weighted by atomic mass is 35.5. The Kier molecular flexibility index (Phi) is 5.48. The fourth-order valence-electron chi connectivity index (χ4n) is 3.39. The van der Waals surface area contributed by atoms with E-state index in [4.69, 9.17) is 20.9 Å². The number of nitrogens with zero attached hydrogens (tertiary/aromatic N) is 3. The van der Waals surface area contributed by atoms with Crippen molar-refractivity contribution in [3.05, 3.63) is 41.2 Å². The van der Waals surface area contributed by atoms with Crippen LogP contribution in [-0.4, -0.2) is 49.7 Å². The maximum absolute atomic E-state index is 13.9. The highest BCUT2D eigenvalue weighted by Crippen LogP contribution is 2.43. The van der Waals surface area contributed by atoms with Gasteiger partial charge in [-0.1, -0.05) is 22.8 Å². The number of anilines is 1. The molecular weight excluding hydrogens is 461 g/mol. The third-order valence-electron chi connectivity index (χ3n) is 4.76. The second-order valence-corrected chi connectivity index (χ2v) is 9.06. The van der Waals surface area contributed by atoms with Gasteiger partial charge in [0.15, 0.2) is 10.6 Å². The number of alkyl halides is 3. The molecule has 1 aromatic carbocycles. The monoisotopic (exact) mass is 476 g/mol. The van der Waals surface area contributed by atoms with Crippen LogP contribution in [0.15, 0.2) is 40.1 Å². The fourth-order valence-corrected chi connectivity index (χ4v) is 4.76. The molecule has 0 unspecified atom stereocenters. The summed E-state index contributed by atoms with van der Waals surface area (Å²) in [4.78, 5) is 5.68. The first-order chi connectivity index (χ1) is 14.6. The average molecular weight is 477 g/mol. The summed E-state index contributed by atoms with van der Waals surface area (Å²) in [6, 6.07) is 3.46. The molecule has 0 bridgehead atoms. The summed E-state index contributed by atoms with van der Waals surface area (Å²) in [6.45, 7) is 1.16. The van der Waals surface area contributed by atoms with Crippen LogP contribution in [0.5, 0.6) is 5.75 Å². The molecule has 3 aromatic rings.